The summed E-state index contributed by atoms with van der Waals surface area (Å²) < 4.78 is 38.7. The third-order valence-electron chi connectivity index (χ3n) is 2.49. The van der Waals surface area contributed by atoms with Gasteiger partial charge >= 0.3 is 6.18 Å². The molecule has 0 aromatic carbocycles. The van der Waals surface area contributed by atoms with Crippen LogP contribution in [-0.2, 0) is 11.6 Å². The maximum Gasteiger partial charge on any atom is 0.416 e. The Bertz CT molecular complexity index is 646. The molecule has 2 aromatic heterocycles. The third-order valence-corrected chi connectivity index (χ3v) is 2.49. The number of nitrogens with one attached hydrogen (secondary N) is 1. The first-order valence-corrected chi connectivity index (χ1v) is 5.29. The van der Waals surface area contributed by atoms with E-state index >= 15 is 0 Å². The molecule has 0 unspecified atom stereocenters. The van der Waals surface area contributed by atoms with E-state index in [1.54, 1.807) is 0 Å². The highest BCUT2D eigenvalue weighted by molar-refractivity contribution is 5.42. The summed E-state index contributed by atoms with van der Waals surface area (Å²) in [4.78, 5) is 15.6. The Morgan fingerprint density at radius 3 is 2.33 bits per heavy atom. The standard InChI is InChI=1S/C11H12F3N3O/c1-10(2,3)9-15-7-4-6(11(12,13)14)5-8(18)17(7)16-9/h4-5H,1-3H3,(H,15,16). The van der Waals surface area contributed by atoms with E-state index in [1.807, 2.05) is 20.8 Å². The second kappa shape index (κ2) is 3.60. The van der Waals surface area contributed by atoms with Crippen LogP contribution in [0.3, 0.4) is 0 Å². The quantitative estimate of drug-likeness (QED) is 0.789. The first kappa shape index (κ1) is 12.7. The van der Waals surface area contributed by atoms with Gasteiger partial charge in [-0.25, -0.2) is 9.50 Å². The van der Waals surface area contributed by atoms with Crippen molar-refractivity contribution in [3.63, 3.8) is 0 Å². The summed E-state index contributed by atoms with van der Waals surface area (Å²) in [5.41, 5.74) is -2.17. The molecular weight excluding hydrogens is 247 g/mol. The molecule has 0 bridgehead atoms. The Kier molecular flexibility index (Phi) is 2.53. The maximum atomic E-state index is 12.6. The number of aromatic nitrogens is 3. The predicted molar refractivity (Wildman–Crippen MR) is 59.5 cm³/mol. The first-order chi connectivity index (χ1) is 8.09. The van der Waals surface area contributed by atoms with Crippen LogP contribution in [-0.4, -0.2) is 14.6 Å². The second-order valence-corrected chi connectivity index (χ2v) is 5.10. The Balaban J connectivity index is 2.71. The minimum atomic E-state index is -4.55. The third kappa shape index (κ3) is 2.12. The molecule has 0 atom stereocenters. The van der Waals surface area contributed by atoms with Crippen molar-refractivity contribution in [2.75, 3.05) is 0 Å². The van der Waals surface area contributed by atoms with E-state index in [1.165, 1.54) is 0 Å². The fourth-order valence-electron chi connectivity index (χ4n) is 1.49. The smallest absolute Gasteiger partial charge is 0.276 e. The maximum absolute atomic E-state index is 12.6. The van der Waals surface area contributed by atoms with Crippen molar-refractivity contribution >= 4 is 5.65 Å². The average molecular weight is 259 g/mol. The van der Waals surface area contributed by atoms with Crippen LogP contribution in [0.5, 0.6) is 0 Å². The molecule has 2 heterocycles. The molecule has 0 aliphatic heterocycles. The summed E-state index contributed by atoms with van der Waals surface area (Å²) in [7, 11) is 0. The number of rotatable bonds is 0. The molecule has 0 aliphatic carbocycles. The van der Waals surface area contributed by atoms with Gasteiger partial charge in [0.05, 0.1) is 5.56 Å². The van der Waals surface area contributed by atoms with Gasteiger partial charge in [-0.2, -0.15) is 13.2 Å². The van der Waals surface area contributed by atoms with Gasteiger partial charge in [0.2, 0.25) is 0 Å². The van der Waals surface area contributed by atoms with Gasteiger partial charge < -0.3 is 0 Å². The zero-order valence-electron chi connectivity index (χ0n) is 10.1. The number of fused-ring (bicyclic) bond motifs is 1. The van der Waals surface area contributed by atoms with Gasteiger partial charge in [0.25, 0.3) is 5.56 Å². The number of hydrogen-bond donors (Lipinski definition) is 1. The Morgan fingerprint density at radius 2 is 1.83 bits per heavy atom. The summed E-state index contributed by atoms with van der Waals surface area (Å²) >= 11 is 0. The molecule has 18 heavy (non-hydrogen) atoms. The van der Waals surface area contributed by atoms with Gasteiger partial charge in [0, 0.05) is 11.5 Å². The molecule has 4 nitrogen and oxygen atoms in total. The lowest BCUT2D eigenvalue weighted by molar-refractivity contribution is -0.137. The minimum absolute atomic E-state index is 0.0280. The molecule has 2 aromatic rings. The summed E-state index contributed by atoms with van der Waals surface area (Å²) in [6.45, 7) is 5.54. The molecule has 2 rings (SSSR count). The van der Waals surface area contributed by atoms with E-state index < -0.39 is 17.3 Å². The highest BCUT2D eigenvalue weighted by Gasteiger charge is 2.32. The summed E-state index contributed by atoms with van der Waals surface area (Å²) in [6, 6.07) is 1.41. The molecule has 0 radical (unpaired) electrons. The fourth-order valence-corrected chi connectivity index (χ4v) is 1.49. The van der Waals surface area contributed by atoms with Gasteiger partial charge in [-0.05, 0) is 6.07 Å². The van der Waals surface area contributed by atoms with E-state index in [0.29, 0.717) is 11.9 Å². The Hall–Kier alpha value is -1.79. The molecule has 0 aliphatic rings. The first-order valence-electron chi connectivity index (χ1n) is 5.29. The molecule has 0 spiro atoms. The monoisotopic (exact) mass is 259 g/mol. The Labute approximate surface area is 100 Å². The van der Waals surface area contributed by atoms with Crippen LogP contribution in [0.25, 0.3) is 5.65 Å². The van der Waals surface area contributed by atoms with Crippen molar-refractivity contribution in [1.29, 1.82) is 0 Å². The molecule has 1 N–H and O–H groups in total. The van der Waals surface area contributed by atoms with Gasteiger partial charge in [0.1, 0.15) is 5.82 Å². The highest BCUT2D eigenvalue weighted by atomic mass is 19.4. The van der Waals surface area contributed by atoms with Crippen molar-refractivity contribution in [1.82, 2.24) is 14.6 Å². The van der Waals surface area contributed by atoms with Crippen LogP contribution in [0.15, 0.2) is 16.9 Å². The number of aromatic amines is 1. The lowest BCUT2D eigenvalue weighted by Gasteiger charge is -2.12. The number of nitrogens with zero attached hydrogens (tertiary/aromatic N) is 2. The van der Waals surface area contributed by atoms with Crippen LogP contribution < -0.4 is 5.56 Å². The van der Waals surface area contributed by atoms with E-state index in [9.17, 15) is 18.0 Å². The van der Waals surface area contributed by atoms with Crippen LogP contribution in [0.4, 0.5) is 13.2 Å². The molecule has 98 valence electrons. The van der Waals surface area contributed by atoms with Gasteiger partial charge in [-0.3, -0.25) is 9.89 Å². The SMILES string of the molecule is CC(C)(C)c1nc2cc(C(F)(F)F)cc(=O)n2[nH]1. The normalized spacial score (nSPS) is 13.2. The highest BCUT2D eigenvalue weighted by Crippen LogP contribution is 2.29. The van der Waals surface area contributed by atoms with Crippen LogP contribution in [0.1, 0.15) is 32.2 Å². The predicted octanol–water partition coefficient (Wildman–Crippen LogP) is 2.34. The molecule has 7 heteroatoms. The zero-order valence-corrected chi connectivity index (χ0v) is 10.1. The lowest BCUT2D eigenvalue weighted by Crippen LogP contribution is -2.18. The second-order valence-electron chi connectivity index (χ2n) is 5.10. The lowest BCUT2D eigenvalue weighted by atomic mass is 9.96. The summed E-state index contributed by atoms with van der Waals surface area (Å²) in [5, 5.41) is 2.71. The van der Waals surface area contributed by atoms with Crippen LogP contribution in [0, 0.1) is 0 Å². The van der Waals surface area contributed by atoms with Crippen molar-refractivity contribution < 1.29 is 13.2 Å². The summed E-state index contributed by atoms with van der Waals surface area (Å²) in [6.07, 6.45) is -4.55. The van der Waals surface area contributed by atoms with Crippen LogP contribution >= 0.6 is 0 Å². The number of alkyl halides is 3. The molecule has 0 fully saturated rings. The van der Waals surface area contributed by atoms with Crippen molar-refractivity contribution in [2.24, 2.45) is 0 Å². The van der Waals surface area contributed by atoms with Crippen molar-refractivity contribution in [2.45, 2.75) is 32.4 Å². The number of H-pyrrole nitrogens is 1. The summed E-state index contributed by atoms with van der Waals surface area (Å²) in [5.74, 6) is 0.457. The molecule has 0 saturated carbocycles. The molecular formula is C11H12F3N3O. The van der Waals surface area contributed by atoms with E-state index in [-0.39, 0.29) is 11.1 Å². The number of hydrogen-bond acceptors (Lipinski definition) is 2. The topological polar surface area (TPSA) is 50.2 Å². The zero-order chi connectivity index (χ0) is 13.7. The van der Waals surface area contributed by atoms with Gasteiger partial charge in [0.15, 0.2) is 5.65 Å². The van der Waals surface area contributed by atoms with Crippen LogP contribution in [0.2, 0.25) is 0 Å². The van der Waals surface area contributed by atoms with E-state index in [0.717, 1.165) is 10.6 Å². The van der Waals surface area contributed by atoms with E-state index in [4.69, 9.17) is 0 Å². The van der Waals surface area contributed by atoms with Crippen molar-refractivity contribution in [3.8, 4) is 0 Å². The number of pyridine rings is 1. The van der Waals surface area contributed by atoms with E-state index in [2.05, 4.69) is 10.1 Å². The Morgan fingerprint density at radius 1 is 1.22 bits per heavy atom. The molecule has 0 saturated heterocycles. The van der Waals surface area contributed by atoms with Crippen molar-refractivity contribution in [3.05, 3.63) is 33.9 Å². The number of halogens is 3. The minimum Gasteiger partial charge on any atom is -0.276 e. The van der Waals surface area contributed by atoms with Gasteiger partial charge in [-0.15, -0.1) is 0 Å². The average Bonchev–Trinajstić information content (AvgIpc) is 2.59. The largest absolute Gasteiger partial charge is 0.416 e. The fraction of sp³-hybridized carbons (Fsp3) is 0.455. The molecule has 0 amide bonds. The van der Waals surface area contributed by atoms with Gasteiger partial charge in [-0.1, -0.05) is 20.8 Å².